The van der Waals surface area contributed by atoms with Crippen molar-refractivity contribution in [3.63, 3.8) is 0 Å². The van der Waals surface area contributed by atoms with E-state index < -0.39 is 10.0 Å². The lowest BCUT2D eigenvalue weighted by Crippen LogP contribution is -2.40. The number of rotatable bonds is 9. The SMILES string of the molecule is CCN(CC)c1ccc(CNC(=O)CN(c2cccc(C)c2)S(C)(=O)=O)cc1. The van der Waals surface area contributed by atoms with Crippen LogP contribution in [0.25, 0.3) is 0 Å². The number of hydrogen-bond acceptors (Lipinski definition) is 4. The van der Waals surface area contributed by atoms with Gasteiger partial charge in [0.05, 0.1) is 11.9 Å². The maximum Gasteiger partial charge on any atom is 0.241 e. The second-order valence-corrected chi connectivity index (χ2v) is 8.63. The number of benzene rings is 2. The Hall–Kier alpha value is -2.54. The molecular formula is C21H29N3O3S. The number of aryl methyl sites for hydroxylation is 1. The van der Waals surface area contributed by atoms with Crippen molar-refractivity contribution in [3.05, 3.63) is 59.7 Å². The largest absolute Gasteiger partial charge is 0.372 e. The minimum Gasteiger partial charge on any atom is -0.372 e. The normalized spacial score (nSPS) is 11.1. The average molecular weight is 404 g/mol. The van der Waals surface area contributed by atoms with Crippen LogP contribution in [-0.4, -0.2) is 40.2 Å². The Labute approximate surface area is 168 Å². The summed E-state index contributed by atoms with van der Waals surface area (Å²) in [5.41, 5.74) is 3.52. The molecule has 0 aliphatic heterocycles. The Morgan fingerprint density at radius 1 is 1.00 bits per heavy atom. The highest BCUT2D eigenvalue weighted by Gasteiger charge is 2.20. The number of nitrogens with zero attached hydrogens (tertiary/aromatic N) is 2. The summed E-state index contributed by atoms with van der Waals surface area (Å²) in [5.74, 6) is -0.347. The van der Waals surface area contributed by atoms with Crippen LogP contribution < -0.4 is 14.5 Å². The molecule has 0 atom stereocenters. The van der Waals surface area contributed by atoms with Crippen LogP contribution in [-0.2, 0) is 21.4 Å². The van der Waals surface area contributed by atoms with Crippen molar-refractivity contribution in [3.8, 4) is 0 Å². The third kappa shape index (κ3) is 5.99. The summed E-state index contributed by atoms with van der Waals surface area (Å²) in [6.07, 6.45) is 1.11. The van der Waals surface area contributed by atoms with Crippen molar-refractivity contribution in [2.24, 2.45) is 0 Å². The molecule has 0 saturated heterocycles. The summed E-state index contributed by atoms with van der Waals surface area (Å²) in [6.45, 7) is 8.08. The van der Waals surface area contributed by atoms with Crippen molar-refractivity contribution in [2.75, 3.05) is 35.1 Å². The van der Waals surface area contributed by atoms with Gasteiger partial charge in [0.1, 0.15) is 6.54 Å². The van der Waals surface area contributed by atoms with Gasteiger partial charge < -0.3 is 10.2 Å². The van der Waals surface area contributed by atoms with E-state index in [2.05, 4.69) is 24.1 Å². The maximum absolute atomic E-state index is 12.4. The molecule has 1 N–H and O–H groups in total. The van der Waals surface area contributed by atoms with E-state index in [1.165, 1.54) is 0 Å². The van der Waals surface area contributed by atoms with E-state index in [-0.39, 0.29) is 12.5 Å². The first-order valence-electron chi connectivity index (χ1n) is 9.39. The van der Waals surface area contributed by atoms with E-state index in [4.69, 9.17) is 0 Å². The summed E-state index contributed by atoms with van der Waals surface area (Å²) in [4.78, 5) is 14.6. The van der Waals surface area contributed by atoms with E-state index in [1.807, 2.05) is 37.3 Å². The van der Waals surface area contributed by atoms with Gasteiger partial charge in [-0.25, -0.2) is 8.42 Å². The van der Waals surface area contributed by atoms with Crippen LogP contribution in [0.2, 0.25) is 0 Å². The Balaban J connectivity index is 2.01. The molecule has 0 aliphatic rings. The Bertz CT molecular complexity index is 891. The molecule has 0 bridgehead atoms. The molecule has 0 unspecified atom stereocenters. The van der Waals surface area contributed by atoms with Crippen LogP contribution in [0.5, 0.6) is 0 Å². The lowest BCUT2D eigenvalue weighted by atomic mass is 10.2. The van der Waals surface area contributed by atoms with Gasteiger partial charge in [-0.3, -0.25) is 9.10 Å². The first kappa shape index (κ1) is 21.8. The minimum absolute atomic E-state index is 0.250. The average Bonchev–Trinajstić information content (AvgIpc) is 2.65. The molecule has 0 radical (unpaired) electrons. The van der Waals surface area contributed by atoms with Crippen LogP contribution in [0.15, 0.2) is 48.5 Å². The van der Waals surface area contributed by atoms with E-state index in [1.54, 1.807) is 18.2 Å². The fourth-order valence-corrected chi connectivity index (χ4v) is 3.83. The predicted molar refractivity (Wildman–Crippen MR) is 115 cm³/mol. The van der Waals surface area contributed by atoms with Crippen LogP contribution in [0.3, 0.4) is 0 Å². The smallest absolute Gasteiger partial charge is 0.241 e. The first-order chi connectivity index (χ1) is 13.2. The zero-order chi connectivity index (χ0) is 20.7. The lowest BCUT2D eigenvalue weighted by Gasteiger charge is -2.22. The van der Waals surface area contributed by atoms with Crippen LogP contribution >= 0.6 is 0 Å². The monoisotopic (exact) mass is 403 g/mol. The van der Waals surface area contributed by atoms with E-state index in [0.717, 1.165) is 40.5 Å². The Kier molecular flexibility index (Phi) is 7.45. The molecule has 28 heavy (non-hydrogen) atoms. The van der Waals surface area contributed by atoms with Gasteiger partial charge in [0.15, 0.2) is 0 Å². The number of anilines is 2. The zero-order valence-electron chi connectivity index (χ0n) is 17.0. The molecule has 2 aromatic rings. The molecule has 7 heteroatoms. The minimum atomic E-state index is -3.57. The number of carbonyl (C=O) groups excluding carboxylic acids is 1. The highest BCUT2D eigenvalue weighted by molar-refractivity contribution is 7.92. The predicted octanol–water partition coefficient (Wildman–Crippen LogP) is 2.92. The van der Waals surface area contributed by atoms with Gasteiger partial charge in [0.25, 0.3) is 0 Å². The molecule has 0 fully saturated rings. The second kappa shape index (κ2) is 9.59. The summed E-state index contributed by atoms with van der Waals surface area (Å²) in [6, 6.07) is 15.1. The standard InChI is InChI=1S/C21H29N3O3S/c1-5-23(6-2)19-12-10-18(11-13-19)15-22-21(25)16-24(28(4,26)27)20-9-7-8-17(3)14-20/h7-14H,5-6,15-16H2,1-4H3,(H,22,25). The fourth-order valence-electron chi connectivity index (χ4n) is 2.98. The third-order valence-electron chi connectivity index (χ3n) is 4.53. The van der Waals surface area contributed by atoms with Crippen molar-refractivity contribution in [1.82, 2.24) is 5.32 Å². The third-order valence-corrected chi connectivity index (χ3v) is 5.67. The molecule has 0 spiro atoms. The van der Waals surface area contributed by atoms with Gasteiger partial charge in [-0.1, -0.05) is 24.3 Å². The van der Waals surface area contributed by atoms with E-state index in [9.17, 15) is 13.2 Å². The lowest BCUT2D eigenvalue weighted by molar-refractivity contribution is -0.119. The van der Waals surface area contributed by atoms with Crippen molar-refractivity contribution >= 4 is 27.3 Å². The molecule has 2 rings (SSSR count). The van der Waals surface area contributed by atoms with E-state index in [0.29, 0.717) is 12.2 Å². The second-order valence-electron chi connectivity index (χ2n) is 6.72. The quantitative estimate of drug-likeness (QED) is 0.699. The van der Waals surface area contributed by atoms with E-state index >= 15 is 0 Å². The van der Waals surface area contributed by atoms with Crippen molar-refractivity contribution in [2.45, 2.75) is 27.3 Å². The fraction of sp³-hybridized carbons (Fsp3) is 0.381. The maximum atomic E-state index is 12.4. The molecule has 0 heterocycles. The van der Waals surface area contributed by atoms with Gasteiger partial charge >= 0.3 is 0 Å². The van der Waals surface area contributed by atoms with Gasteiger partial charge in [0.2, 0.25) is 15.9 Å². The number of sulfonamides is 1. The summed E-state index contributed by atoms with van der Waals surface area (Å²) >= 11 is 0. The van der Waals surface area contributed by atoms with Crippen LogP contribution in [0.1, 0.15) is 25.0 Å². The molecule has 0 aromatic heterocycles. The number of amides is 1. The first-order valence-corrected chi connectivity index (χ1v) is 11.2. The summed E-state index contributed by atoms with van der Waals surface area (Å²) < 4.78 is 25.4. The van der Waals surface area contributed by atoms with Crippen molar-refractivity contribution in [1.29, 1.82) is 0 Å². The molecule has 0 aliphatic carbocycles. The van der Waals surface area contributed by atoms with Crippen LogP contribution in [0, 0.1) is 6.92 Å². The van der Waals surface area contributed by atoms with Gasteiger partial charge in [-0.15, -0.1) is 0 Å². The van der Waals surface area contributed by atoms with Gasteiger partial charge in [-0.05, 0) is 56.2 Å². The highest BCUT2D eigenvalue weighted by Crippen LogP contribution is 2.19. The summed E-state index contributed by atoms with van der Waals surface area (Å²) in [5, 5.41) is 2.80. The number of hydrogen-bond donors (Lipinski definition) is 1. The number of nitrogens with one attached hydrogen (secondary N) is 1. The molecule has 0 saturated carbocycles. The topological polar surface area (TPSA) is 69.7 Å². The Morgan fingerprint density at radius 3 is 2.18 bits per heavy atom. The Morgan fingerprint density at radius 2 is 1.64 bits per heavy atom. The molecule has 152 valence electrons. The molecule has 6 nitrogen and oxygen atoms in total. The zero-order valence-corrected chi connectivity index (χ0v) is 17.8. The molecular weight excluding hydrogens is 374 g/mol. The van der Waals surface area contributed by atoms with Crippen LogP contribution in [0.4, 0.5) is 11.4 Å². The molecule has 1 amide bonds. The van der Waals surface area contributed by atoms with Crippen molar-refractivity contribution < 1.29 is 13.2 Å². The van der Waals surface area contributed by atoms with Gasteiger partial charge in [-0.2, -0.15) is 0 Å². The molecule has 2 aromatic carbocycles. The summed E-state index contributed by atoms with van der Waals surface area (Å²) in [7, 11) is -3.57. The number of carbonyl (C=O) groups is 1. The van der Waals surface area contributed by atoms with Gasteiger partial charge in [0, 0.05) is 25.3 Å². The highest BCUT2D eigenvalue weighted by atomic mass is 32.2.